The minimum Gasteiger partial charge on any atom is -0.451 e. The van der Waals surface area contributed by atoms with Gasteiger partial charge in [0.1, 0.15) is 11.6 Å². The molecule has 5 rings (SSSR count). The maximum absolute atomic E-state index is 12.7. The van der Waals surface area contributed by atoms with E-state index < -0.39 is 4.92 Å². The first-order valence-electron chi connectivity index (χ1n) is 12.7. The molecular weight excluding hydrogens is 484 g/mol. The standard InChI is InChI=1S/C28H30N6O4/c1-33(2)26-20-7-3-5-9-22(20)31-28(32-26)30-19-13-11-18(12-14-19)17-29-27(35)25-16-15-24(38-25)21-8-4-6-10-23(21)34(36)37/h3-10,15-16,18-19H,11-14,17H2,1-2H3,(H,29,35)(H,30,31,32)/t18-,19+. The summed E-state index contributed by atoms with van der Waals surface area (Å²) in [5, 5.41) is 18.8. The molecule has 0 unspecified atom stereocenters. The van der Waals surface area contributed by atoms with Crippen LogP contribution in [0.25, 0.3) is 22.2 Å². The van der Waals surface area contributed by atoms with Gasteiger partial charge in [0.25, 0.3) is 11.6 Å². The Morgan fingerprint density at radius 2 is 1.76 bits per heavy atom. The Bertz CT molecular complexity index is 1460. The third-order valence-electron chi connectivity index (χ3n) is 6.93. The number of nitro groups is 1. The summed E-state index contributed by atoms with van der Waals surface area (Å²) >= 11 is 0. The van der Waals surface area contributed by atoms with Crippen molar-refractivity contribution >= 4 is 34.3 Å². The molecule has 2 aromatic carbocycles. The molecule has 0 saturated heterocycles. The van der Waals surface area contributed by atoms with Gasteiger partial charge in [-0.05, 0) is 61.9 Å². The molecule has 2 heterocycles. The number of para-hydroxylation sites is 2. The number of fused-ring (bicyclic) bond motifs is 1. The molecule has 2 N–H and O–H groups in total. The molecule has 10 heteroatoms. The molecule has 0 radical (unpaired) electrons. The molecule has 0 spiro atoms. The minimum absolute atomic E-state index is 0.0637. The summed E-state index contributed by atoms with van der Waals surface area (Å²) in [7, 11) is 3.96. The Balaban J connectivity index is 1.14. The Morgan fingerprint density at radius 3 is 2.53 bits per heavy atom. The summed E-state index contributed by atoms with van der Waals surface area (Å²) in [4.78, 5) is 35.0. The van der Waals surface area contributed by atoms with Gasteiger partial charge in [0, 0.05) is 38.1 Å². The third kappa shape index (κ3) is 5.44. The van der Waals surface area contributed by atoms with Crippen LogP contribution < -0.4 is 15.5 Å². The predicted octanol–water partition coefficient (Wildman–Crippen LogP) is 5.26. The fourth-order valence-corrected chi connectivity index (χ4v) is 4.93. The highest BCUT2D eigenvalue weighted by Gasteiger charge is 2.24. The monoisotopic (exact) mass is 514 g/mol. The van der Waals surface area contributed by atoms with Crippen molar-refractivity contribution in [2.75, 3.05) is 30.9 Å². The minimum atomic E-state index is -0.462. The topological polar surface area (TPSA) is 126 Å². The second-order valence-electron chi connectivity index (χ2n) is 9.79. The fraction of sp³-hybridized carbons (Fsp3) is 0.321. The molecule has 1 aliphatic carbocycles. The van der Waals surface area contributed by atoms with E-state index >= 15 is 0 Å². The van der Waals surface area contributed by atoms with Crippen LogP contribution in [0, 0.1) is 16.0 Å². The molecule has 0 aliphatic heterocycles. The van der Waals surface area contributed by atoms with Crippen LogP contribution in [0.1, 0.15) is 36.2 Å². The summed E-state index contributed by atoms with van der Waals surface area (Å²) < 4.78 is 5.66. The lowest BCUT2D eigenvalue weighted by molar-refractivity contribution is -0.384. The Hall–Kier alpha value is -4.47. The summed E-state index contributed by atoms with van der Waals surface area (Å²) in [6.45, 7) is 0.546. The zero-order valence-corrected chi connectivity index (χ0v) is 21.4. The highest BCUT2D eigenvalue weighted by atomic mass is 16.6. The molecule has 196 valence electrons. The largest absolute Gasteiger partial charge is 0.451 e. The van der Waals surface area contributed by atoms with Crippen LogP contribution in [0.3, 0.4) is 0 Å². The smallest absolute Gasteiger partial charge is 0.287 e. The van der Waals surface area contributed by atoms with Crippen LogP contribution in [-0.4, -0.2) is 47.5 Å². The lowest BCUT2D eigenvalue weighted by atomic mass is 9.86. The lowest BCUT2D eigenvalue weighted by Gasteiger charge is -2.29. The summed E-state index contributed by atoms with van der Waals surface area (Å²) in [6.07, 6.45) is 3.84. The number of nitrogens with one attached hydrogen (secondary N) is 2. The number of carbonyl (C=O) groups excluding carboxylic acids is 1. The maximum Gasteiger partial charge on any atom is 0.287 e. The van der Waals surface area contributed by atoms with Crippen molar-refractivity contribution in [3.8, 4) is 11.3 Å². The van der Waals surface area contributed by atoms with Crippen LogP contribution in [-0.2, 0) is 0 Å². The van der Waals surface area contributed by atoms with Gasteiger partial charge in [-0.25, -0.2) is 4.98 Å². The Kier molecular flexibility index (Phi) is 7.21. The number of benzene rings is 2. The van der Waals surface area contributed by atoms with E-state index in [-0.39, 0.29) is 23.4 Å². The van der Waals surface area contributed by atoms with Gasteiger partial charge in [0.05, 0.1) is 16.0 Å². The quantitative estimate of drug-likeness (QED) is 0.241. The summed E-state index contributed by atoms with van der Waals surface area (Å²) in [6, 6.07) is 17.7. The van der Waals surface area contributed by atoms with E-state index in [0.717, 1.165) is 42.4 Å². The number of hydrogen-bond donors (Lipinski definition) is 2. The van der Waals surface area contributed by atoms with Gasteiger partial charge >= 0.3 is 0 Å². The number of nitrogens with zero attached hydrogens (tertiary/aromatic N) is 4. The van der Waals surface area contributed by atoms with Gasteiger partial charge in [-0.1, -0.05) is 24.3 Å². The number of carbonyl (C=O) groups is 1. The van der Waals surface area contributed by atoms with E-state index in [0.29, 0.717) is 29.7 Å². The van der Waals surface area contributed by atoms with Crippen molar-refractivity contribution in [1.29, 1.82) is 0 Å². The molecular formula is C28H30N6O4. The average molecular weight is 515 g/mol. The molecule has 38 heavy (non-hydrogen) atoms. The van der Waals surface area contributed by atoms with Crippen molar-refractivity contribution in [3.63, 3.8) is 0 Å². The van der Waals surface area contributed by atoms with Gasteiger partial charge < -0.3 is 20.0 Å². The number of amides is 1. The SMILES string of the molecule is CN(C)c1nc(N[C@H]2CC[C@@H](CNC(=O)c3ccc(-c4ccccc4[N+](=O)[O-])o3)CC2)nc2ccccc12. The van der Waals surface area contributed by atoms with Crippen LogP contribution in [0.4, 0.5) is 17.5 Å². The van der Waals surface area contributed by atoms with Crippen LogP contribution >= 0.6 is 0 Å². The predicted molar refractivity (Wildman–Crippen MR) is 146 cm³/mol. The van der Waals surface area contributed by atoms with E-state index in [1.165, 1.54) is 6.07 Å². The number of rotatable bonds is 8. The molecule has 0 bridgehead atoms. The summed E-state index contributed by atoms with van der Waals surface area (Å²) in [5.74, 6) is 1.99. The van der Waals surface area contributed by atoms with E-state index in [1.54, 1.807) is 30.3 Å². The van der Waals surface area contributed by atoms with Crippen molar-refractivity contribution in [2.24, 2.45) is 5.92 Å². The highest BCUT2D eigenvalue weighted by Crippen LogP contribution is 2.31. The van der Waals surface area contributed by atoms with Crippen molar-refractivity contribution in [2.45, 2.75) is 31.7 Å². The van der Waals surface area contributed by atoms with Gasteiger partial charge in [-0.3, -0.25) is 14.9 Å². The number of hydrogen-bond acceptors (Lipinski definition) is 8. The van der Waals surface area contributed by atoms with Gasteiger partial charge in [-0.2, -0.15) is 4.98 Å². The zero-order chi connectivity index (χ0) is 26.6. The lowest BCUT2D eigenvalue weighted by Crippen LogP contribution is -2.34. The first-order chi connectivity index (χ1) is 18.4. The second-order valence-corrected chi connectivity index (χ2v) is 9.79. The fourth-order valence-electron chi connectivity index (χ4n) is 4.93. The normalized spacial score (nSPS) is 17.2. The maximum atomic E-state index is 12.7. The van der Waals surface area contributed by atoms with E-state index in [1.807, 2.05) is 43.3 Å². The molecule has 1 fully saturated rings. The van der Waals surface area contributed by atoms with Crippen LogP contribution in [0.15, 0.2) is 65.1 Å². The third-order valence-corrected chi connectivity index (χ3v) is 6.93. The zero-order valence-electron chi connectivity index (χ0n) is 21.4. The Labute approximate surface area is 220 Å². The van der Waals surface area contributed by atoms with E-state index in [9.17, 15) is 14.9 Å². The van der Waals surface area contributed by atoms with Gasteiger partial charge in [-0.15, -0.1) is 0 Å². The van der Waals surface area contributed by atoms with Gasteiger partial charge in [0.15, 0.2) is 5.76 Å². The first-order valence-corrected chi connectivity index (χ1v) is 12.7. The van der Waals surface area contributed by atoms with E-state index in [4.69, 9.17) is 14.4 Å². The average Bonchev–Trinajstić information content (AvgIpc) is 3.42. The number of nitro benzene ring substituents is 1. The van der Waals surface area contributed by atoms with Crippen molar-refractivity contribution in [1.82, 2.24) is 15.3 Å². The number of furan rings is 1. The molecule has 0 atom stereocenters. The van der Waals surface area contributed by atoms with Gasteiger partial charge in [0.2, 0.25) is 5.95 Å². The van der Waals surface area contributed by atoms with Crippen LogP contribution in [0.2, 0.25) is 0 Å². The molecule has 2 aromatic heterocycles. The molecule has 1 aliphatic rings. The van der Waals surface area contributed by atoms with Crippen molar-refractivity contribution in [3.05, 3.63) is 76.5 Å². The Morgan fingerprint density at radius 1 is 1.03 bits per heavy atom. The second kappa shape index (κ2) is 10.9. The number of anilines is 2. The number of aromatic nitrogens is 2. The molecule has 4 aromatic rings. The van der Waals surface area contributed by atoms with Crippen LogP contribution in [0.5, 0.6) is 0 Å². The molecule has 1 amide bonds. The highest BCUT2D eigenvalue weighted by molar-refractivity contribution is 5.92. The van der Waals surface area contributed by atoms with Crippen molar-refractivity contribution < 1.29 is 14.1 Å². The first kappa shape index (κ1) is 25.2. The van der Waals surface area contributed by atoms with E-state index in [2.05, 4.69) is 10.6 Å². The molecule has 10 nitrogen and oxygen atoms in total. The molecule has 1 saturated carbocycles. The summed E-state index contributed by atoms with van der Waals surface area (Å²) in [5.41, 5.74) is 1.19.